The average molecular weight is 513 g/mol. The van der Waals surface area contributed by atoms with E-state index in [1.54, 1.807) is 19.1 Å². The molecule has 2 N–H and O–H groups in total. The molecule has 1 heterocycles. The van der Waals surface area contributed by atoms with Gasteiger partial charge in [0.1, 0.15) is 5.56 Å². The van der Waals surface area contributed by atoms with Gasteiger partial charge in [-0.1, -0.05) is 23.7 Å². The maximum Gasteiger partial charge on any atom is 0.435 e. The van der Waals surface area contributed by atoms with Gasteiger partial charge in [0.15, 0.2) is 11.4 Å². The van der Waals surface area contributed by atoms with Crippen molar-refractivity contribution in [1.82, 2.24) is 10.2 Å². The van der Waals surface area contributed by atoms with Gasteiger partial charge in [-0.15, -0.1) is 10.2 Å². The molecule has 0 saturated carbocycles. The average Bonchev–Trinajstić information content (AvgIpc) is 2.69. The highest BCUT2D eigenvalue weighted by Crippen LogP contribution is 2.38. The molecule has 0 aliphatic heterocycles. The van der Waals surface area contributed by atoms with Crippen molar-refractivity contribution >= 4 is 32.9 Å². The Balaban J connectivity index is 2.11. The molecule has 0 fully saturated rings. The SMILES string of the molecule is Cc1cc(C)c(Oc2nnc(C(F)(F)F)c(C)c2C(=O)Nc2cccc(S(C)(=N)=O)c2)c(Cl)c1. The first-order chi connectivity index (χ1) is 15.7. The normalized spacial score (nSPS) is 13.3. The molecule has 1 unspecified atom stereocenters. The summed E-state index contributed by atoms with van der Waals surface area (Å²) >= 11 is 6.25. The number of nitrogens with zero attached hydrogens (tertiary/aromatic N) is 2. The zero-order valence-electron chi connectivity index (χ0n) is 18.5. The molecule has 0 aliphatic carbocycles. The predicted octanol–water partition coefficient (Wildman–Crippen LogP) is 6.15. The molecule has 34 heavy (non-hydrogen) atoms. The van der Waals surface area contributed by atoms with Gasteiger partial charge < -0.3 is 10.1 Å². The number of halogens is 4. The number of carbonyl (C=O) groups is 1. The lowest BCUT2D eigenvalue weighted by atomic mass is 10.1. The summed E-state index contributed by atoms with van der Waals surface area (Å²) in [6.07, 6.45) is -3.65. The van der Waals surface area contributed by atoms with E-state index in [0.717, 1.165) is 12.5 Å². The molecule has 0 saturated heterocycles. The van der Waals surface area contributed by atoms with Crippen molar-refractivity contribution in [1.29, 1.82) is 4.78 Å². The molecule has 0 radical (unpaired) electrons. The molecule has 0 spiro atoms. The Bertz CT molecular complexity index is 1370. The quantitative estimate of drug-likeness (QED) is 0.426. The first-order valence-electron chi connectivity index (χ1n) is 9.72. The van der Waals surface area contributed by atoms with E-state index in [2.05, 4.69) is 15.5 Å². The fourth-order valence-electron chi connectivity index (χ4n) is 3.25. The van der Waals surface area contributed by atoms with E-state index in [1.807, 2.05) is 6.92 Å². The standard InChI is InChI=1S/C22H20ClF3N4O3S/c1-11-8-12(2)18(16(23)9-11)33-21-17(13(3)19(29-30-21)22(24,25)26)20(31)28-14-6-5-7-15(10-14)34(4,27)32/h5-10,27H,1-4H3,(H,28,31). The Labute approximate surface area is 199 Å². The van der Waals surface area contributed by atoms with E-state index in [0.29, 0.717) is 5.56 Å². The van der Waals surface area contributed by atoms with E-state index < -0.39 is 44.5 Å². The number of aryl methyl sites for hydroxylation is 2. The van der Waals surface area contributed by atoms with Gasteiger partial charge >= 0.3 is 6.18 Å². The number of aromatic nitrogens is 2. The second-order valence-corrected chi connectivity index (χ2v) is 10.2. The molecule has 0 aliphatic rings. The number of alkyl halides is 3. The van der Waals surface area contributed by atoms with Crippen LogP contribution in [-0.4, -0.2) is 26.6 Å². The lowest BCUT2D eigenvalue weighted by molar-refractivity contribution is -0.142. The first kappa shape index (κ1) is 25.4. The lowest BCUT2D eigenvalue weighted by Crippen LogP contribution is -2.21. The number of rotatable bonds is 5. The van der Waals surface area contributed by atoms with E-state index in [-0.39, 0.29) is 21.4 Å². The largest absolute Gasteiger partial charge is 0.435 e. The van der Waals surface area contributed by atoms with Crippen LogP contribution in [0, 0.1) is 25.6 Å². The molecule has 7 nitrogen and oxygen atoms in total. The third-order valence-electron chi connectivity index (χ3n) is 4.79. The molecule has 1 atom stereocenters. The summed E-state index contributed by atoms with van der Waals surface area (Å²) in [5, 5.41) is 9.41. The summed E-state index contributed by atoms with van der Waals surface area (Å²) in [4.78, 5) is 13.3. The topological polar surface area (TPSA) is 105 Å². The van der Waals surface area contributed by atoms with Crippen molar-refractivity contribution in [3.63, 3.8) is 0 Å². The minimum absolute atomic E-state index is 0.122. The van der Waals surface area contributed by atoms with Crippen molar-refractivity contribution in [2.75, 3.05) is 11.6 Å². The van der Waals surface area contributed by atoms with Crippen LogP contribution < -0.4 is 10.1 Å². The van der Waals surface area contributed by atoms with Crippen LogP contribution in [0.15, 0.2) is 41.3 Å². The second kappa shape index (κ2) is 9.22. The molecule has 2 aromatic carbocycles. The summed E-state index contributed by atoms with van der Waals surface area (Å²) in [6, 6.07) is 9.02. The van der Waals surface area contributed by atoms with Gasteiger partial charge in [-0.3, -0.25) is 4.79 Å². The highest BCUT2D eigenvalue weighted by Gasteiger charge is 2.38. The van der Waals surface area contributed by atoms with Crippen molar-refractivity contribution in [2.45, 2.75) is 31.8 Å². The highest BCUT2D eigenvalue weighted by molar-refractivity contribution is 7.91. The van der Waals surface area contributed by atoms with E-state index in [4.69, 9.17) is 21.1 Å². The van der Waals surface area contributed by atoms with Crippen molar-refractivity contribution in [3.8, 4) is 11.6 Å². The molecular weight excluding hydrogens is 493 g/mol. The Morgan fingerprint density at radius 3 is 2.41 bits per heavy atom. The molecule has 0 bridgehead atoms. The van der Waals surface area contributed by atoms with Crippen molar-refractivity contribution in [2.24, 2.45) is 0 Å². The van der Waals surface area contributed by atoms with Crippen LogP contribution in [0.5, 0.6) is 11.6 Å². The molecular formula is C22H20ClF3N4O3S. The van der Waals surface area contributed by atoms with E-state index >= 15 is 0 Å². The summed E-state index contributed by atoms with van der Waals surface area (Å²) in [7, 11) is -3.08. The van der Waals surface area contributed by atoms with Gasteiger partial charge in [-0.2, -0.15) is 13.2 Å². The maximum atomic E-state index is 13.5. The van der Waals surface area contributed by atoms with Crippen LogP contribution >= 0.6 is 11.6 Å². The zero-order chi connectivity index (χ0) is 25.4. The molecule has 3 rings (SSSR count). The fourth-order valence-corrected chi connectivity index (χ4v) is 4.30. The monoisotopic (exact) mass is 512 g/mol. The summed E-state index contributed by atoms with van der Waals surface area (Å²) < 4.78 is 65.9. The zero-order valence-corrected chi connectivity index (χ0v) is 20.1. The number of anilines is 1. The fraction of sp³-hybridized carbons (Fsp3) is 0.227. The van der Waals surface area contributed by atoms with Gasteiger partial charge in [0.2, 0.25) is 0 Å². The van der Waals surface area contributed by atoms with Crippen LogP contribution in [-0.2, 0) is 15.9 Å². The maximum absolute atomic E-state index is 13.5. The van der Waals surface area contributed by atoms with Crippen LogP contribution in [0.1, 0.15) is 32.7 Å². The molecule has 3 aromatic rings. The molecule has 180 valence electrons. The third-order valence-corrected chi connectivity index (χ3v) is 6.23. The van der Waals surface area contributed by atoms with Gasteiger partial charge in [0.25, 0.3) is 11.8 Å². The number of hydrogen-bond acceptors (Lipinski definition) is 6. The van der Waals surface area contributed by atoms with Crippen LogP contribution in [0.25, 0.3) is 0 Å². The summed E-state index contributed by atoms with van der Waals surface area (Å²) in [6.45, 7) is 4.58. The number of benzene rings is 2. The molecule has 1 aromatic heterocycles. The van der Waals surface area contributed by atoms with Gasteiger partial charge in [0.05, 0.1) is 14.8 Å². The van der Waals surface area contributed by atoms with E-state index in [9.17, 15) is 22.2 Å². The lowest BCUT2D eigenvalue weighted by Gasteiger charge is -2.17. The van der Waals surface area contributed by atoms with Gasteiger partial charge in [0, 0.05) is 16.8 Å². The number of ether oxygens (including phenoxy) is 1. The second-order valence-electron chi connectivity index (χ2n) is 7.67. The van der Waals surface area contributed by atoms with Crippen LogP contribution in [0.3, 0.4) is 0 Å². The highest BCUT2D eigenvalue weighted by atomic mass is 35.5. The Hall–Kier alpha value is -3.18. The number of hydrogen-bond donors (Lipinski definition) is 2. The van der Waals surface area contributed by atoms with Crippen molar-refractivity contribution < 1.29 is 26.9 Å². The summed E-state index contributed by atoms with van der Waals surface area (Å²) in [5.74, 6) is -1.30. The third kappa shape index (κ3) is 5.48. The van der Waals surface area contributed by atoms with Crippen LogP contribution in [0.2, 0.25) is 5.02 Å². The van der Waals surface area contributed by atoms with Crippen LogP contribution in [0.4, 0.5) is 18.9 Å². The van der Waals surface area contributed by atoms with Crippen molar-refractivity contribution in [3.05, 3.63) is 69.4 Å². The number of carbonyl (C=O) groups excluding carboxylic acids is 1. The van der Waals surface area contributed by atoms with E-state index in [1.165, 1.54) is 30.5 Å². The minimum atomic E-state index is -4.86. The number of nitrogens with one attached hydrogen (secondary N) is 2. The Kier molecular flexibility index (Phi) is 6.90. The first-order valence-corrected chi connectivity index (χ1v) is 12.1. The Morgan fingerprint density at radius 1 is 1.15 bits per heavy atom. The summed E-state index contributed by atoms with van der Waals surface area (Å²) in [5.41, 5.74) is -0.780. The Morgan fingerprint density at radius 2 is 1.82 bits per heavy atom. The molecule has 12 heteroatoms. The van der Waals surface area contributed by atoms with Gasteiger partial charge in [-0.25, -0.2) is 8.99 Å². The minimum Gasteiger partial charge on any atom is -0.435 e. The number of amides is 1. The predicted molar refractivity (Wildman–Crippen MR) is 122 cm³/mol. The van der Waals surface area contributed by atoms with Gasteiger partial charge in [-0.05, 0) is 61.7 Å². The smallest absolute Gasteiger partial charge is 0.435 e. The molecule has 1 amide bonds.